The van der Waals surface area contributed by atoms with E-state index in [1.165, 1.54) is 5.56 Å². The molecule has 0 saturated carbocycles. The molecule has 2 aromatic carbocycles. The Morgan fingerprint density at radius 2 is 1.64 bits per heavy atom. The van der Waals surface area contributed by atoms with Crippen molar-refractivity contribution in [3.8, 4) is 5.75 Å². The van der Waals surface area contributed by atoms with Gasteiger partial charge < -0.3 is 25.2 Å². The minimum Gasteiger partial charge on any atom is -0.477 e. The monoisotopic (exact) mass is 468 g/mol. The molecule has 152 valence electrons. The third-order valence-electron chi connectivity index (χ3n) is 4.94. The van der Waals surface area contributed by atoms with Crippen molar-refractivity contribution in [2.24, 2.45) is 0 Å². The smallest absolute Gasteiger partial charge is 0.173 e. The van der Waals surface area contributed by atoms with Crippen LogP contribution in [0.15, 0.2) is 46.9 Å². The molecule has 0 aliphatic carbocycles. The molecule has 5 unspecified atom stereocenters. The van der Waals surface area contributed by atoms with Crippen LogP contribution in [-0.4, -0.2) is 56.0 Å². The summed E-state index contributed by atoms with van der Waals surface area (Å²) in [5.74, 6) is 0.597. The van der Waals surface area contributed by atoms with E-state index in [2.05, 4.69) is 47.1 Å². The Morgan fingerprint density at radius 1 is 0.964 bits per heavy atom. The van der Waals surface area contributed by atoms with Crippen molar-refractivity contribution in [3.63, 3.8) is 0 Å². The van der Waals surface area contributed by atoms with E-state index in [4.69, 9.17) is 4.74 Å². The number of rotatable bonds is 6. The van der Waals surface area contributed by atoms with Crippen molar-refractivity contribution >= 4 is 27.7 Å². The largest absolute Gasteiger partial charge is 0.477 e. The lowest BCUT2D eigenvalue weighted by Crippen LogP contribution is -2.55. The van der Waals surface area contributed by atoms with Crippen molar-refractivity contribution in [1.82, 2.24) is 0 Å². The number of hydrogen-bond donors (Lipinski definition) is 4. The minimum absolute atomic E-state index is 0.313. The summed E-state index contributed by atoms with van der Waals surface area (Å²) in [5.41, 5.74) is 2.56. The molecule has 1 fully saturated rings. The molecule has 0 radical (unpaired) electrons. The van der Waals surface area contributed by atoms with Crippen molar-refractivity contribution in [2.75, 3.05) is 6.61 Å². The topological polar surface area (TPSA) is 90.2 Å². The molecule has 7 heteroatoms. The second kappa shape index (κ2) is 9.61. The first-order valence-electron chi connectivity index (χ1n) is 9.26. The average molecular weight is 469 g/mol. The van der Waals surface area contributed by atoms with E-state index in [9.17, 15) is 20.4 Å². The van der Waals surface area contributed by atoms with Crippen LogP contribution in [0, 0.1) is 0 Å². The maximum Gasteiger partial charge on any atom is 0.173 e. The summed E-state index contributed by atoms with van der Waals surface area (Å²) >= 11 is 4.62. The second-order valence-corrected chi connectivity index (χ2v) is 9.17. The van der Waals surface area contributed by atoms with Gasteiger partial charge >= 0.3 is 0 Å². The van der Waals surface area contributed by atoms with Gasteiger partial charge in [0.25, 0.3) is 0 Å². The summed E-state index contributed by atoms with van der Waals surface area (Å²) in [7, 11) is 0. The van der Waals surface area contributed by atoms with Gasteiger partial charge in [0.1, 0.15) is 18.0 Å². The molecule has 1 heterocycles. The van der Waals surface area contributed by atoms with Crippen molar-refractivity contribution in [1.29, 1.82) is 0 Å². The molecule has 0 bridgehead atoms. The van der Waals surface area contributed by atoms with Crippen LogP contribution in [0.25, 0.3) is 0 Å². The van der Waals surface area contributed by atoms with Crippen molar-refractivity contribution in [2.45, 2.75) is 48.8 Å². The number of thioether (sulfide) groups is 1. The summed E-state index contributed by atoms with van der Waals surface area (Å²) in [6.07, 6.45) is -2.19. The van der Waals surface area contributed by atoms with Gasteiger partial charge in [0.2, 0.25) is 0 Å². The van der Waals surface area contributed by atoms with Gasteiger partial charge in [-0.05, 0) is 41.3 Å². The fourth-order valence-electron chi connectivity index (χ4n) is 3.20. The van der Waals surface area contributed by atoms with Gasteiger partial charge in [0, 0.05) is 10.9 Å². The molecular weight excluding hydrogens is 444 g/mol. The summed E-state index contributed by atoms with van der Waals surface area (Å²) < 4.78 is 6.95. The van der Waals surface area contributed by atoms with Gasteiger partial charge in [-0.3, -0.25) is 0 Å². The number of aliphatic hydroxyl groups excluding tert-OH is 4. The molecule has 5 nitrogen and oxygen atoms in total. The molecule has 0 amide bonds. The highest BCUT2D eigenvalue weighted by Gasteiger charge is 2.44. The van der Waals surface area contributed by atoms with Gasteiger partial charge in [-0.15, -0.1) is 11.8 Å². The second-order valence-electron chi connectivity index (χ2n) is 6.91. The molecule has 5 atom stereocenters. The van der Waals surface area contributed by atoms with Crippen molar-refractivity contribution in [3.05, 3.63) is 63.6 Å². The van der Waals surface area contributed by atoms with Gasteiger partial charge in [-0.25, -0.2) is 0 Å². The molecule has 3 rings (SSSR count). The molecule has 2 aromatic rings. The Morgan fingerprint density at radius 3 is 2.29 bits per heavy atom. The summed E-state index contributed by atoms with van der Waals surface area (Å²) in [4.78, 5) is 0. The number of aryl methyl sites for hydroxylation is 1. The Balaban J connectivity index is 1.81. The lowest BCUT2D eigenvalue weighted by atomic mass is 10.0. The Labute approximate surface area is 177 Å². The third-order valence-corrected chi connectivity index (χ3v) is 6.85. The van der Waals surface area contributed by atoms with Crippen LogP contribution in [0.4, 0.5) is 0 Å². The zero-order valence-electron chi connectivity index (χ0n) is 15.5. The molecule has 4 N–H and O–H groups in total. The first-order chi connectivity index (χ1) is 13.4. The van der Waals surface area contributed by atoms with E-state index < -0.39 is 29.0 Å². The van der Waals surface area contributed by atoms with Gasteiger partial charge in [0.05, 0.1) is 18.0 Å². The highest BCUT2D eigenvalue weighted by atomic mass is 79.9. The van der Waals surface area contributed by atoms with Crippen LogP contribution in [0.2, 0.25) is 0 Å². The Bertz CT molecular complexity index is 783. The SMILES string of the molecule is CCc1ccc(Cc2cc(Br)ccc2OC2SC(CO)C(O)C(O)C2O)cc1. The lowest BCUT2D eigenvalue weighted by molar-refractivity contribution is -0.0910. The molecule has 1 aliphatic rings. The van der Waals surface area contributed by atoms with Gasteiger partial charge in [0.15, 0.2) is 5.44 Å². The molecule has 0 aromatic heterocycles. The highest BCUT2D eigenvalue weighted by molar-refractivity contribution is 9.10. The highest BCUT2D eigenvalue weighted by Crippen LogP contribution is 2.36. The van der Waals surface area contributed by atoms with Crippen molar-refractivity contribution < 1.29 is 25.2 Å². The predicted octanol–water partition coefficient (Wildman–Crippen LogP) is 2.50. The Hall–Kier alpha value is -1.09. The molecule has 0 spiro atoms. The van der Waals surface area contributed by atoms with E-state index in [-0.39, 0.29) is 6.61 Å². The van der Waals surface area contributed by atoms with Gasteiger partial charge in [-0.1, -0.05) is 47.1 Å². The third kappa shape index (κ3) is 4.90. The fourth-order valence-corrected chi connectivity index (χ4v) is 4.85. The van der Waals surface area contributed by atoms with Crippen LogP contribution < -0.4 is 4.74 Å². The van der Waals surface area contributed by atoms with E-state index in [0.717, 1.165) is 33.8 Å². The Kier molecular flexibility index (Phi) is 7.42. The number of hydrogen-bond acceptors (Lipinski definition) is 6. The molecule has 1 aliphatic heterocycles. The predicted molar refractivity (Wildman–Crippen MR) is 114 cm³/mol. The molecule has 28 heavy (non-hydrogen) atoms. The summed E-state index contributed by atoms with van der Waals surface area (Å²) in [5, 5.41) is 39.2. The van der Waals surface area contributed by atoms with E-state index >= 15 is 0 Å². The van der Waals surface area contributed by atoms with E-state index in [1.54, 1.807) is 0 Å². The number of ether oxygens (including phenoxy) is 1. The summed E-state index contributed by atoms with van der Waals surface area (Å²) in [6.45, 7) is 1.81. The molecule has 1 saturated heterocycles. The number of aliphatic hydroxyl groups is 4. The normalized spacial score (nSPS) is 27.6. The molecular formula is C21H25BrO5S. The zero-order chi connectivity index (χ0) is 20.3. The van der Waals surface area contributed by atoms with Crippen LogP contribution in [0.5, 0.6) is 5.75 Å². The van der Waals surface area contributed by atoms with Crippen LogP contribution in [-0.2, 0) is 12.8 Å². The summed E-state index contributed by atoms with van der Waals surface area (Å²) in [6, 6.07) is 14.0. The van der Waals surface area contributed by atoms with E-state index in [1.807, 2.05) is 18.2 Å². The van der Waals surface area contributed by atoms with E-state index in [0.29, 0.717) is 12.2 Å². The fraction of sp³-hybridized carbons (Fsp3) is 0.429. The first kappa shape index (κ1) is 21.6. The average Bonchev–Trinajstić information content (AvgIpc) is 2.70. The number of halogens is 1. The number of benzene rings is 2. The quantitative estimate of drug-likeness (QED) is 0.520. The zero-order valence-corrected chi connectivity index (χ0v) is 17.9. The maximum atomic E-state index is 10.3. The standard InChI is InChI=1S/C21H25BrO5S/c1-2-12-3-5-13(6-4-12)9-14-10-15(22)7-8-16(14)27-21-20(26)19(25)18(24)17(11-23)28-21/h3-8,10,17-21,23-26H,2,9,11H2,1H3. The van der Waals surface area contributed by atoms with Crippen LogP contribution in [0.1, 0.15) is 23.6 Å². The first-order valence-corrected chi connectivity index (χ1v) is 11.0. The lowest BCUT2D eigenvalue weighted by Gasteiger charge is -2.39. The van der Waals surface area contributed by atoms with Crippen LogP contribution >= 0.6 is 27.7 Å². The van der Waals surface area contributed by atoms with Crippen LogP contribution in [0.3, 0.4) is 0 Å². The van der Waals surface area contributed by atoms with Gasteiger partial charge in [-0.2, -0.15) is 0 Å². The maximum absolute atomic E-state index is 10.3. The minimum atomic E-state index is -1.37.